The lowest BCUT2D eigenvalue weighted by atomic mass is 10.1. The second kappa shape index (κ2) is 7.78. The van der Waals surface area contributed by atoms with Crippen LogP contribution in [0.15, 0.2) is 42.9 Å². The number of pyridine rings is 1. The van der Waals surface area contributed by atoms with Gasteiger partial charge in [-0.3, -0.25) is 14.7 Å². The van der Waals surface area contributed by atoms with Gasteiger partial charge in [-0.2, -0.15) is 0 Å². The van der Waals surface area contributed by atoms with Crippen molar-refractivity contribution in [1.82, 2.24) is 24.8 Å². The standard InChI is InChI=1S/C19H24N6O/c26-18(25-10-3-6-17(25)16-5-1-2-7-20-16)15-23-11-13-24(14-12-23)19-21-8-4-9-22-19/h1-2,4-5,7-9,17H,3,6,10-15H2/t17-/m0/s1. The van der Waals surface area contributed by atoms with Gasteiger partial charge in [0.15, 0.2) is 0 Å². The molecule has 0 spiro atoms. The van der Waals surface area contributed by atoms with Crippen LogP contribution in [0.2, 0.25) is 0 Å². The van der Waals surface area contributed by atoms with Gasteiger partial charge in [0.05, 0.1) is 18.3 Å². The lowest BCUT2D eigenvalue weighted by Crippen LogP contribution is -2.50. The summed E-state index contributed by atoms with van der Waals surface area (Å²) in [6.45, 7) is 4.71. The third-order valence-electron chi connectivity index (χ3n) is 5.17. The highest BCUT2D eigenvalue weighted by atomic mass is 16.2. The molecule has 2 fully saturated rings. The maximum atomic E-state index is 12.9. The van der Waals surface area contributed by atoms with Crippen LogP contribution < -0.4 is 4.90 Å². The molecule has 2 saturated heterocycles. The molecule has 0 radical (unpaired) electrons. The smallest absolute Gasteiger partial charge is 0.237 e. The van der Waals surface area contributed by atoms with E-state index in [1.165, 1.54) is 0 Å². The molecule has 26 heavy (non-hydrogen) atoms. The average molecular weight is 352 g/mol. The fourth-order valence-corrected chi connectivity index (χ4v) is 3.79. The number of likely N-dealkylation sites (tertiary alicyclic amines) is 1. The van der Waals surface area contributed by atoms with E-state index in [1.54, 1.807) is 18.6 Å². The van der Waals surface area contributed by atoms with Crippen LogP contribution in [0.1, 0.15) is 24.6 Å². The average Bonchev–Trinajstić information content (AvgIpc) is 3.20. The molecule has 136 valence electrons. The van der Waals surface area contributed by atoms with Gasteiger partial charge in [-0.15, -0.1) is 0 Å². The molecular weight excluding hydrogens is 328 g/mol. The van der Waals surface area contributed by atoms with E-state index in [0.29, 0.717) is 6.54 Å². The van der Waals surface area contributed by atoms with E-state index in [4.69, 9.17) is 0 Å². The van der Waals surface area contributed by atoms with Gasteiger partial charge in [0.2, 0.25) is 11.9 Å². The number of amides is 1. The Balaban J connectivity index is 1.33. The van der Waals surface area contributed by atoms with Gasteiger partial charge in [-0.1, -0.05) is 6.07 Å². The van der Waals surface area contributed by atoms with E-state index < -0.39 is 0 Å². The molecular formula is C19H24N6O. The summed E-state index contributed by atoms with van der Waals surface area (Å²) in [6, 6.07) is 7.89. The molecule has 2 aromatic heterocycles. The van der Waals surface area contributed by atoms with Crippen LogP contribution in [0.3, 0.4) is 0 Å². The van der Waals surface area contributed by atoms with Crippen molar-refractivity contribution >= 4 is 11.9 Å². The zero-order valence-electron chi connectivity index (χ0n) is 14.9. The van der Waals surface area contributed by atoms with Crippen LogP contribution in [-0.2, 0) is 4.79 Å². The fourth-order valence-electron chi connectivity index (χ4n) is 3.79. The Morgan fingerprint density at radius 1 is 0.962 bits per heavy atom. The van der Waals surface area contributed by atoms with Gasteiger partial charge < -0.3 is 9.80 Å². The molecule has 0 aromatic carbocycles. The lowest BCUT2D eigenvalue weighted by Gasteiger charge is -2.35. The summed E-state index contributed by atoms with van der Waals surface area (Å²) < 4.78 is 0. The Kier molecular flexibility index (Phi) is 5.06. The summed E-state index contributed by atoms with van der Waals surface area (Å²) in [6.07, 6.45) is 7.39. The molecule has 0 bridgehead atoms. The highest BCUT2D eigenvalue weighted by molar-refractivity contribution is 5.79. The Morgan fingerprint density at radius 3 is 2.46 bits per heavy atom. The van der Waals surface area contributed by atoms with E-state index in [2.05, 4.69) is 24.8 Å². The van der Waals surface area contributed by atoms with Crippen LogP contribution in [-0.4, -0.2) is 69.9 Å². The lowest BCUT2D eigenvalue weighted by molar-refractivity contribution is -0.133. The van der Waals surface area contributed by atoms with Gasteiger partial charge >= 0.3 is 0 Å². The van der Waals surface area contributed by atoms with Gasteiger partial charge in [-0.25, -0.2) is 9.97 Å². The summed E-state index contributed by atoms with van der Waals surface area (Å²) >= 11 is 0. The van der Waals surface area contributed by atoms with Crippen LogP contribution in [0, 0.1) is 0 Å². The number of hydrogen-bond donors (Lipinski definition) is 0. The maximum absolute atomic E-state index is 12.9. The van der Waals surface area contributed by atoms with Crippen LogP contribution in [0.4, 0.5) is 5.95 Å². The third-order valence-corrected chi connectivity index (χ3v) is 5.17. The van der Waals surface area contributed by atoms with Crippen molar-refractivity contribution in [3.05, 3.63) is 48.5 Å². The fraction of sp³-hybridized carbons (Fsp3) is 0.474. The summed E-state index contributed by atoms with van der Waals surface area (Å²) in [5, 5.41) is 0. The van der Waals surface area contributed by atoms with Gasteiger partial charge in [0.1, 0.15) is 0 Å². The Bertz CT molecular complexity index is 717. The predicted molar refractivity (Wildman–Crippen MR) is 98.6 cm³/mol. The molecule has 2 aliphatic heterocycles. The molecule has 2 aliphatic rings. The van der Waals surface area contributed by atoms with Crippen molar-refractivity contribution in [2.24, 2.45) is 0 Å². The molecule has 0 N–H and O–H groups in total. The molecule has 0 unspecified atom stereocenters. The number of aromatic nitrogens is 3. The zero-order valence-corrected chi connectivity index (χ0v) is 14.9. The van der Waals surface area contributed by atoms with Crippen molar-refractivity contribution in [3.63, 3.8) is 0 Å². The minimum absolute atomic E-state index is 0.128. The van der Waals surface area contributed by atoms with Crippen LogP contribution in [0.5, 0.6) is 0 Å². The van der Waals surface area contributed by atoms with Crippen molar-refractivity contribution in [1.29, 1.82) is 0 Å². The van der Waals surface area contributed by atoms with Gasteiger partial charge in [0.25, 0.3) is 0 Å². The monoisotopic (exact) mass is 352 g/mol. The molecule has 0 aliphatic carbocycles. The number of carbonyl (C=O) groups excluding carboxylic acids is 1. The number of hydrogen-bond acceptors (Lipinski definition) is 6. The van der Waals surface area contributed by atoms with Crippen LogP contribution in [0.25, 0.3) is 0 Å². The SMILES string of the molecule is O=C(CN1CCN(c2ncccn2)CC1)N1CCC[C@H]1c1ccccn1. The molecule has 7 heteroatoms. The van der Waals surface area contributed by atoms with Crippen LogP contribution >= 0.6 is 0 Å². The summed E-state index contributed by atoms with van der Waals surface area (Å²) in [7, 11) is 0. The first-order valence-electron chi connectivity index (χ1n) is 9.26. The molecule has 4 rings (SSSR count). The topological polar surface area (TPSA) is 65.5 Å². The number of nitrogens with zero attached hydrogens (tertiary/aromatic N) is 6. The van der Waals surface area contributed by atoms with Crippen molar-refractivity contribution in [3.8, 4) is 0 Å². The van der Waals surface area contributed by atoms with Gasteiger partial charge in [-0.05, 0) is 31.0 Å². The predicted octanol–water partition coefficient (Wildman–Crippen LogP) is 1.36. The minimum Gasteiger partial charge on any atom is -0.338 e. The second-order valence-corrected chi connectivity index (χ2v) is 6.81. The molecule has 1 atom stereocenters. The Labute approximate surface area is 153 Å². The largest absolute Gasteiger partial charge is 0.338 e. The first-order chi connectivity index (χ1) is 12.8. The number of anilines is 1. The van der Waals surface area contributed by atoms with Gasteiger partial charge in [0, 0.05) is 51.3 Å². The molecule has 4 heterocycles. The summed E-state index contributed by atoms with van der Waals surface area (Å²) in [4.78, 5) is 32.4. The molecule has 0 saturated carbocycles. The summed E-state index contributed by atoms with van der Waals surface area (Å²) in [5.74, 6) is 0.982. The molecule has 2 aromatic rings. The Morgan fingerprint density at radius 2 is 1.73 bits per heavy atom. The third kappa shape index (κ3) is 3.67. The highest BCUT2D eigenvalue weighted by Gasteiger charge is 2.32. The van der Waals surface area contributed by atoms with E-state index >= 15 is 0 Å². The molecule has 1 amide bonds. The maximum Gasteiger partial charge on any atom is 0.237 e. The normalized spacial score (nSPS) is 21.2. The number of carbonyl (C=O) groups is 1. The molecule has 7 nitrogen and oxygen atoms in total. The van der Waals surface area contributed by atoms with E-state index in [-0.39, 0.29) is 11.9 Å². The van der Waals surface area contributed by atoms with E-state index in [9.17, 15) is 4.79 Å². The zero-order chi connectivity index (χ0) is 17.8. The van der Waals surface area contributed by atoms with E-state index in [1.807, 2.05) is 29.2 Å². The van der Waals surface area contributed by atoms with Crippen molar-refractivity contribution in [2.75, 3.05) is 44.2 Å². The number of piperazine rings is 1. The minimum atomic E-state index is 0.128. The first-order valence-corrected chi connectivity index (χ1v) is 9.26. The highest BCUT2D eigenvalue weighted by Crippen LogP contribution is 2.30. The first kappa shape index (κ1) is 16.9. The van der Waals surface area contributed by atoms with E-state index in [0.717, 1.165) is 57.2 Å². The second-order valence-electron chi connectivity index (χ2n) is 6.81. The number of rotatable bonds is 4. The van der Waals surface area contributed by atoms with Crippen molar-refractivity contribution in [2.45, 2.75) is 18.9 Å². The van der Waals surface area contributed by atoms with Crippen molar-refractivity contribution < 1.29 is 4.79 Å². The Hall–Kier alpha value is -2.54. The quantitative estimate of drug-likeness (QED) is 0.828. The summed E-state index contributed by atoms with van der Waals surface area (Å²) in [5.41, 5.74) is 1.00.